The monoisotopic (exact) mass is 442 g/mol. The van der Waals surface area contributed by atoms with Crippen LogP contribution >= 0.6 is 11.3 Å². The number of hydrogen-bond donors (Lipinski definition) is 1. The number of hydrogen-bond acceptors (Lipinski definition) is 5. The van der Waals surface area contributed by atoms with Gasteiger partial charge in [0.25, 0.3) is 0 Å². The van der Waals surface area contributed by atoms with Crippen molar-refractivity contribution in [2.75, 3.05) is 25.5 Å². The van der Waals surface area contributed by atoms with Crippen LogP contribution in [0, 0.1) is 12.8 Å². The number of ketones is 1. The van der Waals surface area contributed by atoms with E-state index in [4.69, 9.17) is 4.74 Å². The van der Waals surface area contributed by atoms with Crippen molar-refractivity contribution in [1.82, 2.24) is 4.90 Å². The summed E-state index contributed by atoms with van der Waals surface area (Å²) in [4.78, 5) is 39.2. The van der Waals surface area contributed by atoms with Crippen molar-refractivity contribution in [1.29, 1.82) is 0 Å². The molecule has 0 aliphatic carbocycles. The van der Waals surface area contributed by atoms with E-state index < -0.39 is 0 Å². The second kappa shape index (κ2) is 10.6. The Kier molecular flexibility index (Phi) is 7.85. The number of likely N-dealkylation sites (tertiary alicyclic amines) is 1. The van der Waals surface area contributed by atoms with Gasteiger partial charge in [-0.2, -0.15) is 0 Å². The minimum Gasteiger partial charge on any atom is -0.497 e. The molecule has 0 unspecified atom stereocenters. The molecule has 1 atom stereocenters. The predicted molar refractivity (Wildman–Crippen MR) is 123 cm³/mol. The largest absolute Gasteiger partial charge is 0.497 e. The Morgan fingerprint density at radius 3 is 2.74 bits per heavy atom. The van der Waals surface area contributed by atoms with E-state index in [0.29, 0.717) is 30.2 Å². The molecule has 1 saturated heterocycles. The van der Waals surface area contributed by atoms with E-state index >= 15 is 0 Å². The summed E-state index contributed by atoms with van der Waals surface area (Å²) < 4.78 is 5.20. The van der Waals surface area contributed by atoms with Crippen molar-refractivity contribution in [3.8, 4) is 5.75 Å². The number of rotatable bonds is 8. The Balaban J connectivity index is 1.47. The molecule has 6 nitrogen and oxygen atoms in total. The van der Waals surface area contributed by atoms with Crippen LogP contribution in [0.3, 0.4) is 0 Å². The number of thiophene rings is 1. The molecule has 1 aliphatic heterocycles. The number of anilines is 1. The third-order valence-corrected chi connectivity index (χ3v) is 6.79. The first kappa shape index (κ1) is 23.0. The van der Waals surface area contributed by atoms with E-state index in [1.165, 1.54) is 11.3 Å². The van der Waals surface area contributed by atoms with Crippen molar-refractivity contribution < 1.29 is 19.1 Å². The smallest absolute Gasteiger partial charge is 0.227 e. The van der Waals surface area contributed by atoms with Crippen LogP contribution < -0.4 is 10.1 Å². The normalized spacial score (nSPS) is 16.1. The fourth-order valence-electron chi connectivity index (χ4n) is 3.92. The molecule has 0 bridgehead atoms. The summed E-state index contributed by atoms with van der Waals surface area (Å²) in [5.41, 5.74) is 2.66. The number of nitrogens with zero attached hydrogens (tertiary/aromatic N) is 1. The van der Waals surface area contributed by atoms with E-state index in [1.807, 2.05) is 41.5 Å². The van der Waals surface area contributed by atoms with Crippen molar-refractivity contribution in [2.45, 2.75) is 46.0 Å². The highest BCUT2D eigenvalue weighted by Crippen LogP contribution is 2.24. The number of aryl methyl sites for hydroxylation is 1. The van der Waals surface area contributed by atoms with Gasteiger partial charge in [-0.3, -0.25) is 14.4 Å². The molecule has 2 aromatic rings. The Bertz CT molecular complexity index is 953. The molecular formula is C24H30N2O4S. The predicted octanol–water partition coefficient (Wildman–Crippen LogP) is 4.47. The van der Waals surface area contributed by atoms with Crippen LogP contribution in [-0.2, 0) is 16.0 Å². The average Bonchev–Trinajstić information content (AvgIpc) is 3.23. The number of piperidine rings is 1. The number of nitrogens with one attached hydrogen (secondary N) is 1. The molecule has 1 aromatic carbocycles. The molecule has 2 heterocycles. The van der Waals surface area contributed by atoms with Gasteiger partial charge in [-0.25, -0.2) is 0 Å². The summed E-state index contributed by atoms with van der Waals surface area (Å²) in [6.07, 6.45) is 3.51. The fraction of sp³-hybridized carbons (Fsp3) is 0.458. The van der Waals surface area contributed by atoms with Gasteiger partial charge in [0.15, 0.2) is 5.78 Å². The van der Waals surface area contributed by atoms with Gasteiger partial charge in [0.05, 0.1) is 18.4 Å². The zero-order valence-electron chi connectivity index (χ0n) is 18.4. The molecule has 1 aromatic heterocycles. The number of amides is 2. The van der Waals surface area contributed by atoms with E-state index in [0.717, 1.165) is 48.4 Å². The molecule has 1 fully saturated rings. The van der Waals surface area contributed by atoms with Crippen LogP contribution in [0.4, 0.5) is 5.69 Å². The average molecular weight is 443 g/mol. The lowest BCUT2D eigenvalue weighted by Crippen LogP contribution is -2.40. The molecule has 0 spiro atoms. The highest BCUT2D eigenvalue weighted by Gasteiger charge is 2.24. The van der Waals surface area contributed by atoms with Crippen molar-refractivity contribution in [3.05, 3.63) is 45.6 Å². The number of ether oxygens (including phenoxy) is 1. The Labute approximate surface area is 187 Å². The quantitative estimate of drug-likeness (QED) is 0.612. The van der Waals surface area contributed by atoms with Gasteiger partial charge in [0.2, 0.25) is 11.8 Å². The van der Waals surface area contributed by atoms with Gasteiger partial charge >= 0.3 is 0 Å². The number of benzene rings is 1. The van der Waals surface area contributed by atoms with Crippen LogP contribution in [-0.4, -0.2) is 42.7 Å². The molecular weight excluding hydrogens is 412 g/mol. The maximum absolute atomic E-state index is 12.7. The van der Waals surface area contributed by atoms with E-state index in [9.17, 15) is 14.4 Å². The number of methoxy groups -OCH3 is 1. The van der Waals surface area contributed by atoms with Crippen molar-refractivity contribution >= 4 is 34.6 Å². The summed E-state index contributed by atoms with van der Waals surface area (Å²) >= 11 is 1.39. The first-order valence-corrected chi connectivity index (χ1v) is 11.5. The fourth-order valence-corrected chi connectivity index (χ4v) is 4.73. The summed E-state index contributed by atoms with van der Waals surface area (Å²) in [6, 6.07) is 7.40. The van der Waals surface area contributed by atoms with Gasteiger partial charge in [-0.05, 0) is 79.8 Å². The molecule has 1 aliphatic rings. The highest BCUT2D eigenvalue weighted by molar-refractivity contribution is 7.12. The lowest BCUT2D eigenvalue weighted by Gasteiger charge is -2.33. The SMILES string of the molecule is COc1ccc(NC(=O)CC[C@H]2CCCN(C(=O)Cc3csc(C(C)=O)c3)C2)c(C)c1. The lowest BCUT2D eigenvalue weighted by molar-refractivity contribution is -0.132. The summed E-state index contributed by atoms with van der Waals surface area (Å²) in [5.74, 6) is 1.21. The molecule has 7 heteroatoms. The second-order valence-corrected chi connectivity index (χ2v) is 9.08. The first-order valence-electron chi connectivity index (χ1n) is 10.7. The molecule has 31 heavy (non-hydrogen) atoms. The van der Waals surface area contributed by atoms with Crippen molar-refractivity contribution in [3.63, 3.8) is 0 Å². The molecule has 2 amide bonds. The van der Waals surface area contributed by atoms with Crippen LogP contribution in [0.2, 0.25) is 0 Å². The maximum atomic E-state index is 12.7. The zero-order chi connectivity index (χ0) is 22.4. The molecule has 1 N–H and O–H groups in total. The van der Waals surface area contributed by atoms with Gasteiger partial charge in [-0.1, -0.05) is 0 Å². The van der Waals surface area contributed by atoms with Crippen LogP contribution in [0.5, 0.6) is 5.75 Å². The Morgan fingerprint density at radius 2 is 2.06 bits per heavy atom. The van der Waals surface area contributed by atoms with E-state index in [1.54, 1.807) is 14.0 Å². The molecule has 0 radical (unpaired) electrons. The summed E-state index contributed by atoms with van der Waals surface area (Å²) in [5, 5.41) is 4.87. The zero-order valence-corrected chi connectivity index (χ0v) is 19.2. The second-order valence-electron chi connectivity index (χ2n) is 8.17. The van der Waals surface area contributed by atoms with Gasteiger partial charge in [0, 0.05) is 25.2 Å². The molecule has 166 valence electrons. The van der Waals surface area contributed by atoms with Gasteiger partial charge in [-0.15, -0.1) is 11.3 Å². The van der Waals surface area contributed by atoms with Crippen LogP contribution in [0.15, 0.2) is 29.6 Å². The number of Topliss-reactive ketones (excluding diaryl/α,β-unsaturated/α-hetero) is 1. The number of carbonyl (C=O) groups excluding carboxylic acids is 3. The first-order chi connectivity index (χ1) is 14.9. The summed E-state index contributed by atoms with van der Waals surface area (Å²) in [7, 11) is 1.62. The van der Waals surface area contributed by atoms with Crippen molar-refractivity contribution in [2.24, 2.45) is 5.92 Å². The topological polar surface area (TPSA) is 75.7 Å². The summed E-state index contributed by atoms with van der Waals surface area (Å²) in [6.45, 7) is 4.93. The maximum Gasteiger partial charge on any atom is 0.227 e. The standard InChI is InChI=1S/C24H30N2O4S/c1-16-11-20(30-3)7-8-21(16)25-23(28)9-6-18-5-4-10-26(14-18)24(29)13-19-12-22(17(2)27)31-15-19/h7-8,11-12,15,18H,4-6,9-10,13-14H2,1-3H3,(H,25,28)/t18-/m1/s1. The van der Waals surface area contributed by atoms with Crippen LogP contribution in [0.25, 0.3) is 0 Å². The molecule has 0 saturated carbocycles. The molecule has 3 rings (SSSR count). The van der Waals surface area contributed by atoms with E-state index in [-0.39, 0.29) is 17.6 Å². The minimum atomic E-state index is -0.00764. The number of carbonyl (C=O) groups is 3. The Morgan fingerprint density at radius 1 is 1.26 bits per heavy atom. The lowest BCUT2D eigenvalue weighted by atomic mass is 9.93. The van der Waals surface area contributed by atoms with E-state index in [2.05, 4.69) is 5.32 Å². The van der Waals surface area contributed by atoms with Gasteiger partial charge in [0.1, 0.15) is 5.75 Å². The Hall–Kier alpha value is -2.67. The van der Waals surface area contributed by atoms with Crippen LogP contribution in [0.1, 0.15) is 53.4 Å². The highest BCUT2D eigenvalue weighted by atomic mass is 32.1. The van der Waals surface area contributed by atoms with Gasteiger partial charge < -0.3 is 15.0 Å². The third-order valence-electron chi connectivity index (χ3n) is 5.72. The third kappa shape index (κ3) is 6.40. The minimum absolute atomic E-state index is 0.00764.